The molecule has 5 aromatic rings. The molecular weight excluding hydrogens is 490 g/mol. The second-order valence-corrected chi connectivity index (χ2v) is 8.80. The maximum absolute atomic E-state index is 12.9. The number of esters is 1. The average Bonchev–Trinajstić information content (AvgIpc) is 3.21. The van der Waals surface area contributed by atoms with E-state index in [1.165, 1.54) is 0 Å². The minimum atomic E-state index is -0.432. The Bertz CT molecular complexity index is 1480. The number of hydrogen-bond donors (Lipinski definition) is 1. The quantitative estimate of drug-likeness (QED) is 0.199. The Labute approximate surface area is 206 Å². The van der Waals surface area contributed by atoms with Crippen LogP contribution in [0.15, 0.2) is 102 Å². The molecule has 0 fully saturated rings. The van der Waals surface area contributed by atoms with Gasteiger partial charge in [-0.3, -0.25) is 4.40 Å². The van der Waals surface area contributed by atoms with E-state index < -0.39 is 5.97 Å². The number of aromatic nitrogens is 2. The molecule has 2 aromatic heterocycles. The van der Waals surface area contributed by atoms with E-state index in [4.69, 9.17) is 9.72 Å². The average molecular weight is 512 g/mol. The highest BCUT2D eigenvalue weighted by Gasteiger charge is 2.20. The fourth-order valence-electron chi connectivity index (χ4n) is 3.82. The monoisotopic (exact) mass is 511 g/mol. The third-order valence-corrected chi connectivity index (χ3v) is 6.21. The number of nitrogens with one attached hydrogen (secondary N) is 1. The van der Waals surface area contributed by atoms with Gasteiger partial charge in [-0.1, -0.05) is 54.6 Å². The number of nitrogens with zero attached hydrogens (tertiary/aromatic N) is 2. The smallest absolute Gasteiger partial charge is 0.344 e. The second kappa shape index (κ2) is 9.53. The number of pyridine rings is 1. The summed E-state index contributed by atoms with van der Waals surface area (Å²) in [5.74, 6) is 0.854. The van der Waals surface area contributed by atoms with Gasteiger partial charge in [0.15, 0.2) is 0 Å². The van der Waals surface area contributed by atoms with Crippen molar-refractivity contribution in [2.45, 2.75) is 13.5 Å². The first kappa shape index (κ1) is 21.9. The van der Waals surface area contributed by atoms with Crippen LogP contribution in [0.3, 0.4) is 0 Å². The van der Waals surface area contributed by atoms with Crippen LogP contribution >= 0.6 is 15.9 Å². The van der Waals surface area contributed by atoms with Crippen LogP contribution in [0, 0.1) is 6.92 Å². The first-order chi connectivity index (χ1) is 16.6. The highest BCUT2D eigenvalue weighted by molar-refractivity contribution is 9.10. The Morgan fingerprint density at radius 3 is 2.53 bits per heavy atom. The normalized spacial score (nSPS) is 10.9. The Morgan fingerprint density at radius 1 is 0.971 bits per heavy atom. The number of para-hydroxylation sites is 1. The maximum atomic E-state index is 12.9. The predicted octanol–water partition coefficient (Wildman–Crippen LogP) is 6.90. The molecule has 0 amide bonds. The zero-order valence-electron chi connectivity index (χ0n) is 18.5. The molecule has 0 radical (unpaired) electrons. The molecule has 34 heavy (non-hydrogen) atoms. The van der Waals surface area contributed by atoms with Gasteiger partial charge in [0.2, 0.25) is 0 Å². The van der Waals surface area contributed by atoms with Crippen molar-refractivity contribution in [3.63, 3.8) is 0 Å². The van der Waals surface area contributed by atoms with E-state index in [1.807, 2.05) is 84.3 Å². The lowest BCUT2D eigenvalue weighted by molar-refractivity contribution is 0.0734. The largest absolute Gasteiger partial charge is 0.422 e. The third-order valence-electron chi connectivity index (χ3n) is 5.52. The number of rotatable bonds is 6. The summed E-state index contributed by atoms with van der Waals surface area (Å²) in [6, 6.07) is 29.0. The molecule has 0 saturated carbocycles. The van der Waals surface area contributed by atoms with Gasteiger partial charge >= 0.3 is 5.97 Å². The number of anilines is 1. The van der Waals surface area contributed by atoms with Crippen LogP contribution in [-0.2, 0) is 6.54 Å². The summed E-state index contributed by atoms with van der Waals surface area (Å²) in [4.78, 5) is 17.9. The molecule has 6 heteroatoms. The van der Waals surface area contributed by atoms with Crippen molar-refractivity contribution in [2.24, 2.45) is 0 Å². The zero-order chi connectivity index (χ0) is 23.5. The van der Waals surface area contributed by atoms with E-state index in [-0.39, 0.29) is 0 Å². The van der Waals surface area contributed by atoms with Gasteiger partial charge in [0.1, 0.15) is 22.9 Å². The minimum Gasteiger partial charge on any atom is -0.422 e. The number of carbonyl (C=O) groups is 1. The van der Waals surface area contributed by atoms with Gasteiger partial charge in [-0.25, -0.2) is 9.78 Å². The van der Waals surface area contributed by atoms with Crippen molar-refractivity contribution in [1.29, 1.82) is 0 Å². The Kier molecular flexibility index (Phi) is 6.14. The lowest BCUT2D eigenvalue weighted by atomic mass is 10.1. The van der Waals surface area contributed by atoms with E-state index in [9.17, 15) is 4.79 Å². The van der Waals surface area contributed by atoms with Crippen molar-refractivity contribution < 1.29 is 9.53 Å². The molecule has 0 aliphatic carbocycles. The van der Waals surface area contributed by atoms with E-state index in [1.54, 1.807) is 12.1 Å². The van der Waals surface area contributed by atoms with Gasteiger partial charge < -0.3 is 10.1 Å². The van der Waals surface area contributed by atoms with Crippen molar-refractivity contribution >= 4 is 33.4 Å². The van der Waals surface area contributed by atoms with Crippen molar-refractivity contribution in [3.8, 4) is 17.0 Å². The van der Waals surface area contributed by atoms with Crippen molar-refractivity contribution in [3.05, 3.63) is 118 Å². The summed E-state index contributed by atoms with van der Waals surface area (Å²) < 4.78 is 8.57. The standard InChI is InChI=1S/C28H22BrN3O2/c1-19-15-16-32-25(17-19)31-26(27(32)30-18-20-9-3-2-4-10-20)22-12-6-8-14-24(22)34-28(33)21-11-5-7-13-23(21)29/h2-17,30H,18H2,1H3. The number of imidazole rings is 1. The van der Waals surface area contributed by atoms with E-state index >= 15 is 0 Å². The Hall–Kier alpha value is -3.90. The van der Waals surface area contributed by atoms with Crippen LogP contribution in [0.5, 0.6) is 5.75 Å². The summed E-state index contributed by atoms with van der Waals surface area (Å²) in [6.45, 7) is 2.67. The molecule has 0 atom stereocenters. The number of benzene rings is 3. The molecule has 3 aromatic carbocycles. The van der Waals surface area contributed by atoms with E-state index in [0.717, 1.165) is 33.8 Å². The topological polar surface area (TPSA) is 55.6 Å². The molecule has 5 nitrogen and oxygen atoms in total. The summed E-state index contributed by atoms with van der Waals surface area (Å²) in [5.41, 5.74) is 5.01. The summed E-state index contributed by atoms with van der Waals surface area (Å²) in [7, 11) is 0. The molecule has 0 spiro atoms. The molecule has 0 aliphatic rings. The summed E-state index contributed by atoms with van der Waals surface area (Å²) in [6.07, 6.45) is 2.00. The first-order valence-corrected chi connectivity index (χ1v) is 11.7. The fraction of sp³-hybridized carbons (Fsp3) is 0.0714. The highest BCUT2D eigenvalue weighted by Crippen LogP contribution is 2.36. The Balaban J connectivity index is 1.56. The van der Waals surface area contributed by atoms with Crippen LogP contribution < -0.4 is 10.1 Å². The molecule has 0 bridgehead atoms. The lowest BCUT2D eigenvalue weighted by Gasteiger charge is -2.12. The molecule has 0 unspecified atom stereocenters. The Morgan fingerprint density at radius 2 is 1.71 bits per heavy atom. The molecular formula is C28H22BrN3O2. The predicted molar refractivity (Wildman–Crippen MR) is 138 cm³/mol. The van der Waals surface area contributed by atoms with E-state index in [2.05, 4.69) is 33.4 Å². The maximum Gasteiger partial charge on any atom is 0.344 e. The summed E-state index contributed by atoms with van der Waals surface area (Å²) in [5, 5.41) is 3.54. The number of hydrogen-bond acceptors (Lipinski definition) is 4. The van der Waals surface area contributed by atoms with Crippen LogP contribution in [0.2, 0.25) is 0 Å². The van der Waals surface area contributed by atoms with Crippen molar-refractivity contribution in [1.82, 2.24) is 9.38 Å². The molecule has 168 valence electrons. The molecule has 1 N–H and O–H groups in total. The van der Waals surface area contributed by atoms with Gasteiger partial charge in [-0.15, -0.1) is 0 Å². The number of aryl methyl sites for hydroxylation is 1. The highest BCUT2D eigenvalue weighted by atomic mass is 79.9. The molecule has 0 aliphatic heterocycles. The SMILES string of the molecule is Cc1ccn2c(NCc3ccccc3)c(-c3ccccc3OC(=O)c3ccccc3Br)nc2c1. The molecule has 2 heterocycles. The number of ether oxygens (including phenoxy) is 1. The van der Waals surface area contributed by atoms with Crippen LogP contribution in [0.25, 0.3) is 16.9 Å². The second-order valence-electron chi connectivity index (χ2n) is 7.95. The number of carbonyl (C=O) groups excluding carboxylic acids is 1. The number of fused-ring (bicyclic) bond motifs is 1. The summed E-state index contributed by atoms with van der Waals surface area (Å²) >= 11 is 3.43. The van der Waals surface area contributed by atoms with Crippen LogP contribution in [-0.4, -0.2) is 15.4 Å². The third kappa shape index (κ3) is 4.45. The van der Waals surface area contributed by atoms with Gasteiger partial charge in [-0.05, 0) is 70.4 Å². The van der Waals surface area contributed by atoms with Gasteiger partial charge in [0.05, 0.1) is 5.56 Å². The zero-order valence-corrected chi connectivity index (χ0v) is 20.1. The van der Waals surface area contributed by atoms with Gasteiger partial charge in [-0.2, -0.15) is 0 Å². The lowest BCUT2D eigenvalue weighted by Crippen LogP contribution is -2.10. The van der Waals surface area contributed by atoms with Crippen molar-refractivity contribution in [2.75, 3.05) is 5.32 Å². The minimum absolute atomic E-state index is 0.432. The van der Waals surface area contributed by atoms with Crippen LogP contribution in [0.1, 0.15) is 21.5 Å². The van der Waals surface area contributed by atoms with Gasteiger partial charge in [0.25, 0.3) is 0 Å². The molecule has 5 rings (SSSR count). The molecule has 0 saturated heterocycles. The number of halogens is 1. The van der Waals surface area contributed by atoms with Gasteiger partial charge in [0, 0.05) is 22.8 Å². The van der Waals surface area contributed by atoms with Crippen LogP contribution in [0.4, 0.5) is 5.82 Å². The fourth-order valence-corrected chi connectivity index (χ4v) is 4.26. The first-order valence-electron chi connectivity index (χ1n) is 10.9. The van der Waals surface area contributed by atoms with E-state index in [0.29, 0.717) is 22.3 Å².